The molecule has 0 saturated carbocycles. The van der Waals surface area contributed by atoms with Crippen molar-refractivity contribution in [2.24, 2.45) is 5.73 Å². The van der Waals surface area contributed by atoms with Gasteiger partial charge in [-0.25, -0.2) is 0 Å². The van der Waals surface area contributed by atoms with Crippen LogP contribution in [0.15, 0.2) is 4.52 Å². The van der Waals surface area contributed by atoms with Crippen LogP contribution in [-0.2, 0) is 12.2 Å². The molecule has 4 nitrogen and oxygen atoms in total. The Balaban J connectivity index is 2.22. The monoisotopic (exact) mass is 243 g/mol. The fourth-order valence-electron chi connectivity index (χ4n) is 1.29. The quantitative estimate of drug-likeness (QED) is 0.710. The highest BCUT2D eigenvalue weighted by Gasteiger charge is 2.06. The van der Waals surface area contributed by atoms with Crippen LogP contribution < -0.4 is 5.73 Å². The molecular formula is C11H21N3OS. The lowest BCUT2D eigenvalue weighted by Gasteiger charge is -1.99. The van der Waals surface area contributed by atoms with E-state index < -0.39 is 0 Å². The molecule has 0 aliphatic rings. The molecule has 0 saturated heterocycles. The Labute approximate surface area is 101 Å². The standard InChI is InChI=1S/C11H21N3OS/c1-9(2)16-8-10-13-11(15-14-10)6-4-3-5-7-12/h9H,3-8,12H2,1-2H3. The number of hydrogen-bond acceptors (Lipinski definition) is 5. The first-order chi connectivity index (χ1) is 7.72. The topological polar surface area (TPSA) is 64.9 Å². The zero-order valence-electron chi connectivity index (χ0n) is 10.1. The molecule has 0 radical (unpaired) electrons. The number of aryl methyl sites for hydroxylation is 1. The minimum absolute atomic E-state index is 0.603. The van der Waals surface area contributed by atoms with Crippen molar-refractivity contribution in [3.05, 3.63) is 11.7 Å². The molecule has 0 amide bonds. The second-order valence-corrected chi connectivity index (χ2v) is 5.63. The first-order valence-corrected chi connectivity index (χ1v) is 6.90. The summed E-state index contributed by atoms with van der Waals surface area (Å²) in [4.78, 5) is 4.35. The highest BCUT2D eigenvalue weighted by Crippen LogP contribution is 2.15. The van der Waals surface area contributed by atoms with E-state index in [1.54, 1.807) is 0 Å². The molecule has 2 N–H and O–H groups in total. The van der Waals surface area contributed by atoms with Crippen molar-refractivity contribution >= 4 is 11.8 Å². The van der Waals surface area contributed by atoms with Crippen molar-refractivity contribution in [3.63, 3.8) is 0 Å². The Hall–Kier alpha value is -0.550. The molecule has 0 atom stereocenters. The van der Waals surface area contributed by atoms with Gasteiger partial charge in [-0.05, 0) is 24.6 Å². The van der Waals surface area contributed by atoms with E-state index in [1.807, 2.05) is 11.8 Å². The maximum atomic E-state index is 5.43. The maximum absolute atomic E-state index is 5.43. The predicted octanol–water partition coefficient (Wildman–Crippen LogP) is 2.38. The van der Waals surface area contributed by atoms with Crippen molar-refractivity contribution in [1.29, 1.82) is 0 Å². The van der Waals surface area contributed by atoms with E-state index in [2.05, 4.69) is 24.0 Å². The summed E-state index contributed by atoms with van der Waals surface area (Å²) in [5.41, 5.74) is 5.43. The van der Waals surface area contributed by atoms with E-state index in [0.29, 0.717) is 5.25 Å². The van der Waals surface area contributed by atoms with Crippen molar-refractivity contribution in [3.8, 4) is 0 Å². The van der Waals surface area contributed by atoms with Crippen molar-refractivity contribution in [1.82, 2.24) is 10.1 Å². The van der Waals surface area contributed by atoms with Gasteiger partial charge in [-0.2, -0.15) is 16.7 Å². The van der Waals surface area contributed by atoms with Gasteiger partial charge >= 0.3 is 0 Å². The molecule has 1 aromatic rings. The maximum Gasteiger partial charge on any atom is 0.226 e. The summed E-state index contributed by atoms with van der Waals surface area (Å²) in [5.74, 6) is 2.41. The van der Waals surface area contributed by atoms with Gasteiger partial charge in [-0.3, -0.25) is 0 Å². The molecule has 0 aliphatic carbocycles. The third-order valence-electron chi connectivity index (χ3n) is 2.15. The Morgan fingerprint density at radius 1 is 1.31 bits per heavy atom. The average Bonchev–Trinajstić information content (AvgIpc) is 2.70. The van der Waals surface area contributed by atoms with Crippen molar-refractivity contribution in [2.45, 2.75) is 50.5 Å². The Morgan fingerprint density at radius 2 is 2.12 bits per heavy atom. The third kappa shape index (κ3) is 5.51. The largest absolute Gasteiger partial charge is 0.339 e. The smallest absolute Gasteiger partial charge is 0.226 e. The summed E-state index contributed by atoms with van der Waals surface area (Å²) in [6.45, 7) is 5.09. The van der Waals surface area contributed by atoms with Crippen LogP contribution in [0.2, 0.25) is 0 Å². The number of thioether (sulfide) groups is 1. The number of aromatic nitrogens is 2. The van der Waals surface area contributed by atoms with Crippen LogP contribution in [0.5, 0.6) is 0 Å². The highest BCUT2D eigenvalue weighted by molar-refractivity contribution is 7.99. The number of nitrogens with zero attached hydrogens (tertiary/aromatic N) is 2. The third-order valence-corrected chi connectivity index (χ3v) is 3.24. The van der Waals surface area contributed by atoms with Gasteiger partial charge in [-0.15, -0.1) is 0 Å². The van der Waals surface area contributed by atoms with Gasteiger partial charge in [0.1, 0.15) is 0 Å². The Kier molecular flexibility index (Phi) is 6.49. The van der Waals surface area contributed by atoms with Crippen LogP contribution in [0, 0.1) is 0 Å². The molecule has 0 aromatic carbocycles. The molecule has 0 spiro atoms. The van der Waals surface area contributed by atoms with E-state index in [1.165, 1.54) is 0 Å². The zero-order valence-corrected chi connectivity index (χ0v) is 10.9. The molecule has 0 bridgehead atoms. The molecular weight excluding hydrogens is 222 g/mol. The first-order valence-electron chi connectivity index (χ1n) is 5.85. The van der Waals surface area contributed by atoms with Crippen molar-refractivity contribution in [2.75, 3.05) is 6.54 Å². The number of nitrogens with two attached hydrogens (primary N) is 1. The zero-order chi connectivity index (χ0) is 11.8. The Morgan fingerprint density at radius 3 is 2.81 bits per heavy atom. The fraction of sp³-hybridized carbons (Fsp3) is 0.818. The SMILES string of the molecule is CC(C)SCc1noc(CCCCCN)n1. The van der Waals surface area contributed by atoms with Gasteiger partial charge in [0.25, 0.3) is 0 Å². The predicted molar refractivity (Wildman–Crippen MR) is 67.3 cm³/mol. The molecule has 16 heavy (non-hydrogen) atoms. The van der Waals surface area contributed by atoms with Crippen LogP contribution in [0.4, 0.5) is 0 Å². The normalized spacial score (nSPS) is 11.2. The first kappa shape index (κ1) is 13.5. The summed E-state index contributed by atoms with van der Waals surface area (Å²) in [5, 5.41) is 4.56. The minimum Gasteiger partial charge on any atom is -0.339 e. The molecule has 1 heterocycles. The van der Waals surface area contributed by atoms with Crippen LogP contribution in [0.1, 0.15) is 44.8 Å². The van der Waals surface area contributed by atoms with Gasteiger partial charge in [0.05, 0.1) is 5.75 Å². The summed E-state index contributed by atoms with van der Waals surface area (Å²) in [7, 11) is 0. The van der Waals surface area contributed by atoms with E-state index in [0.717, 1.165) is 49.7 Å². The molecule has 0 fully saturated rings. The summed E-state index contributed by atoms with van der Waals surface area (Å²) < 4.78 is 5.17. The average molecular weight is 243 g/mol. The van der Waals surface area contributed by atoms with E-state index in [-0.39, 0.29) is 0 Å². The molecule has 0 aliphatic heterocycles. The second kappa shape index (κ2) is 7.68. The number of unbranched alkanes of at least 4 members (excludes halogenated alkanes) is 2. The Bertz CT molecular complexity index is 289. The molecule has 92 valence electrons. The van der Waals surface area contributed by atoms with E-state index in [4.69, 9.17) is 10.3 Å². The fourth-order valence-corrected chi connectivity index (χ4v) is 1.89. The highest BCUT2D eigenvalue weighted by atomic mass is 32.2. The van der Waals surface area contributed by atoms with Crippen LogP contribution in [0.3, 0.4) is 0 Å². The van der Waals surface area contributed by atoms with E-state index >= 15 is 0 Å². The van der Waals surface area contributed by atoms with Crippen LogP contribution >= 0.6 is 11.8 Å². The molecule has 1 rings (SSSR count). The number of hydrogen-bond donors (Lipinski definition) is 1. The lowest BCUT2D eigenvalue weighted by Crippen LogP contribution is -1.98. The lowest BCUT2D eigenvalue weighted by atomic mass is 10.2. The lowest BCUT2D eigenvalue weighted by molar-refractivity contribution is 0.370. The van der Waals surface area contributed by atoms with E-state index in [9.17, 15) is 0 Å². The minimum atomic E-state index is 0.603. The van der Waals surface area contributed by atoms with Gasteiger partial charge in [0.2, 0.25) is 5.89 Å². The van der Waals surface area contributed by atoms with Gasteiger partial charge in [0.15, 0.2) is 5.82 Å². The summed E-state index contributed by atoms with van der Waals surface area (Å²) >= 11 is 1.83. The van der Waals surface area contributed by atoms with Crippen LogP contribution in [-0.4, -0.2) is 21.9 Å². The summed E-state index contributed by atoms with van der Waals surface area (Å²) in [6.07, 6.45) is 4.16. The second-order valence-electron chi connectivity index (χ2n) is 4.06. The van der Waals surface area contributed by atoms with Gasteiger partial charge in [0, 0.05) is 6.42 Å². The molecule has 0 unspecified atom stereocenters. The van der Waals surface area contributed by atoms with Crippen molar-refractivity contribution < 1.29 is 4.52 Å². The summed E-state index contributed by atoms with van der Waals surface area (Å²) in [6, 6.07) is 0. The molecule has 5 heteroatoms. The van der Waals surface area contributed by atoms with Gasteiger partial charge < -0.3 is 10.3 Å². The number of rotatable bonds is 8. The molecule has 1 aromatic heterocycles. The van der Waals surface area contributed by atoms with Gasteiger partial charge in [-0.1, -0.05) is 25.4 Å². The van der Waals surface area contributed by atoms with Crippen LogP contribution in [0.25, 0.3) is 0 Å².